The molecule has 6 nitrogen and oxygen atoms in total. The average Bonchev–Trinajstić information content (AvgIpc) is 3.01. The number of rotatable bonds is 5. The molecular formula is C16H17FN4O2S. The molecule has 126 valence electrons. The van der Waals surface area contributed by atoms with Crippen molar-refractivity contribution in [1.82, 2.24) is 18.7 Å². The van der Waals surface area contributed by atoms with E-state index in [1.54, 1.807) is 42.8 Å². The molecule has 8 heteroatoms. The van der Waals surface area contributed by atoms with Crippen LogP contribution in [0.15, 0.2) is 54.1 Å². The van der Waals surface area contributed by atoms with Crippen LogP contribution in [0.5, 0.6) is 0 Å². The third kappa shape index (κ3) is 2.90. The van der Waals surface area contributed by atoms with Gasteiger partial charge in [0.05, 0.1) is 6.20 Å². The van der Waals surface area contributed by atoms with E-state index in [2.05, 4.69) is 9.97 Å². The molecule has 1 atom stereocenters. The van der Waals surface area contributed by atoms with E-state index in [0.717, 1.165) is 0 Å². The summed E-state index contributed by atoms with van der Waals surface area (Å²) in [5, 5.41) is -0.0358. The van der Waals surface area contributed by atoms with E-state index < -0.39 is 16.1 Å². The molecule has 3 rings (SSSR count). The van der Waals surface area contributed by atoms with E-state index in [4.69, 9.17) is 0 Å². The summed E-state index contributed by atoms with van der Waals surface area (Å²) in [6.07, 6.45) is 6.16. The molecule has 2 aromatic heterocycles. The van der Waals surface area contributed by atoms with Crippen molar-refractivity contribution in [3.63, 3.8) is 0 Å². The fraction of sp³-hybridized carbons (Fsp3) is 0.250. The quantitative estimate of drug-likeness (QED) is 0.711. The van der Waals surface area contributed by atoms with Gasteiger partial charge in [0, 0.05) is 31.2 Å². The summed E-state index contributed by atoms with van der Waals surface area (Å²) in [5.74, 6) is -0.357. The van der Waals surface area contributed by atoms with E-state index in [9.17, 15) is 12.8 Å². The minimum absolute atomic E-state index is 0.0358. The minimum atomic E-state index is -3.79. The zero-order valence-corrected chi connectivity index (χ0v) is 14.1. The van der Waals surface area contributed by atoms with Crippen molar-refractivity contribution >= 4 is 15.7 Å². The molecule has 24 heavy (non-hydrogen) atoms. The van der Waals surface area contributed by atoms with E-state index in [1.807, 2.05) is 0 Å². The topological polar surface area (TPSA) is 67.6 Å². The Bertz CT molecular complexity index is 921. The lowest BCUT2D eigenvalue weighted by Gasteiger charge is -2.26. The molecule has 0 unspecified atom stereocenters. The van der Waals surface area contributed by atoms with Gasteiger partial charge in [-0.3, -0.25) is 4.98 Å². The van der Waals surface area contributed by atoms with Crippen LogP contribution in [0.3, 0.4) is 0 Å². The molecule has 0 aliphatic rings. The van der Waals surface area contributed by atoms with E-state index in [-0.39, 0.29) is 17.4 Å². The number of hydrogen-bond acceptors (Lipinski definition) is 4. The van der Waals surface area contributed by atoms with Gasteiger partial charge >= 0.3 is 0 Å². The number of sulfonamides is 1. The largest absolute Gasteiger partial charge is 0.303 e. The monoisotopic (exact) mass is 348 g/mol. The Hall–Kier alpha value is -2.32. The Morgan fingerprint density at radius 1 is 1.29 bits per heavy atom. The standard InChI is InChI=1S/C16H17FN4O2S/c1-3-21(12(2)13-4-6-14(17)7-5-13)24(22,23)16-11-20-9-8-18-10-15(20)19-16/h4-12H,3H2,1-2H3/t12-/m0/s1. The first-order valence-electron chi connectivity index (χ1n) is 7.49. The summed E-state index contributed by atoms with van der Waals surface area (Å²) in [7, 11) is -3.79. The lowest BCUT2D eigenvalue weighted by atomic mass is 10.1. The molecule has 0 fully saturated rings. The highest BCUT2D eigenvalue weighted by molar-refractivity contribution is 7.89. The van der Waals surface area contributed by atoms with Crippen molar-refractivity contribution in [3.8, 4) is 0 Å². The summed E-state index contributed by atoms with van der Waals surface area (Å²) in [6.45, 7) is 3.80. The van der Waals surface area contributed by atoms with Gasteiger partial charge < -0.3 is 4.40 Å². The maximum Gasteiger partial charge on any atom is 0.262 e. The second kappa shape index (κ2) is 6.29. The number of imidazole rings is 1. The highest BCUT2D eigenvalue weighted by atomic mass is 32.2. The number of hydrogen-bond donors (Lipinski definition) is 0. The third-order valence-electron chi connectivity index (χ3n) is 3.91. The molecule has 0 bridgehead atoms. The number of aromatic nitrogens is 3. The van der Waals surface area contributed by atoms with Crippen LogP contribution in [-0.4, -0.2) is 33.6 Å². The van der Waals surface area contributed by atoms with Gasteiger partial charge in [0.25, 0.3) is 10.0 Å². The Labute approximate surface area is 139 Å². The van der Waals surface area contributed by atoms with Crippen molar-refractivity contribution in [2.45, 2.75) is 24.9 Å². The van der Waals surface area contributed by atoms with Crippen molar-refractivity contribution in [3.05, 3.63) is 60.4 Å². The second-order valence-corrected chi connectivity index (χ2v) is 7.19. The maximum atomic E-state index is 13.1. The molecular weight excluding hydrogens is 331 g/mol. The first-order chi connectivity index (χ1) is 11.4. The second-order valence-electron chi connectivity index (χ2n) is 5.36. The van der Waals surface area contributed by atoms with E-state index >= 15 is 0 Å². The van der Waals surface area contributed by atoms with Crippen LogP contribution in [0.1, 0.15) is 25.5 Å². The molecule has 3 aromatic rings. The van der Waals surface area contributed by atoms with Crippen LogP contribution in [0, 0.1) is 5.82 Å². The molecule has 0 spiro atoms. The van der Waals surface area contributed by atoms with Crippen molar-refractivity contribution in [1.29, 1.82) is 0 Å². The van der Waals surface area contributed by atoms with Gasteiger partial charge in [0.15, 0.2) is 10.7 Å². The number of fused-ring (bicyclic) bond motifs is 1. The zero-order chi connectivity index (χ0) is 17.3. The van der Waals surface area contributed by atoms with Crippen molar-refractivity contribution < 1.29 is 12.8 Å². The summed E-state index contributed by atoms with van der Waals surface area (Å²) in [4.78, 5) is 8.09. The van der Waals surface area contributed by atoms with Crippen molar-refractivity contribution in [2.24, 2.45) is 0 Å². The predicted molar refractivity (Wildman–Crippen MR) is 87.4 cm³/mol. The fourth-order valence-electron chi connectivity index (χ4n) is 2.62. The van der Waals surface area contributed by atoms with Crippen LogP contribution >= 0.6 is 0 Å². The fourth-order valence-corrected chi connectivity index (χ4v) is 4.20. The number of nitrogens with zero attached hydrogens (tertiary/aromatic N) is 4. The number of halogens is 1. The molecule has 0 aliphatic carbocycles. The van der Waals surface area contributed by atoms with Gasteiger partial charge in [-0.15, -0.1) is 0 Å². The molecule has 2 heterocycles. The molecule has 0 amide bonds. The van der Waals surface area contributed by atoms with Gasteiger partial charge in [-0.2, -0.15) is 4.31 Å². The van der Waals surface area contributed by atoms with Crippen LogP contribution in [0.4, 0.5) is 4.39 Å². The summed E-state index contributed by atoms with van der Waals surface area (Å²) in [5.41, 5.74) is 1.17. The minimum Gasteiger partial charge on any atom is -0.303 e. The molecule has 1 aromatic carbocycles. The lowest BCUT2D eigenvalue weighted by Crippen LogP contribution is -2.33. The SMILES string of the molecule is CCN([C@@H](C)c1ccc(F)cc1)S(=O)(=O)c1cn2ccncc2n1. The Kier molecular flexibility index (Phi) is 4.33. The molecule has 0 saturated carbocycles. The predicted octanol–water partition coefficient (Wildman–Crippen LogP) is 2.64. The number of benzene rings is 1. The first-order valence-corrected chi connectivity index (χ1v) is 8.93. The maximum absolute atomic E-state index is 13.1. The Morgan fingerprint density at radius 3 is 2.62 bits per heavy atom. The molecule has 0 aliphatic heterocycles. The Balaban J connectivity index is 2.00. The van der Waals surface area contributed by atoms with Crippen LogP contribution in [0.2, 0.25) is 0 Å². The normalized spacial score (nSPS) is 13.5. The van der Waals surface area contributed by atoms with E-state index in [1.165, 1.54) is 28.8 Å². The van der Waals surface area contributed by atoms with Crippen molar-refractivity contribution in [2.75, 3.05) is 6.54 Å². The first kappa shape index (κ1) is 16.5. The smallest absolute Gasteiger partial charge is 0.262 e. The Morgan fingerprint density at radius 2 is 2.00 bits per heavy atom. The van der Waals surface area contributed by atoms with Gasteiger partial charge in [0.1, 0.15) is 5.82 Å². The summed E-state index contributed by atoms with van der Waals surface area (Å²) >= 11 is 0. The van der Waals surface area contributed by atoms with E-state index in [0.29, 0.717) is 11.2 Å². The molecule has 0 saturated heterocycles. The van der Waals surface area contributed by atoms with Gasteiger partial charge in [-0.1, -0.05) is 19.1 Å². The summed E-state index contributed by atoms with van der Waals surface area (Å²) in [6, 6.07) is 5.38. The third-order valence-corrected chi connectivity index (χ3v) is 5.83. The average molecular weight is 348 g/mol. The highest BCUT2D eigenvalue weighted by Gasteiger charge is 2.30. The zero-order valence-electron chi connectivity index (χ0n) is 13.3. The molecule has 0 radical (unpaired) electrons. The summed E-state index contributed by atoms with van der Waals surface area (Å²) < 4.78 is 42.0. The van der Waals surface area contributed by atoms with Crippen LogP contribution < -0.4 is 0 Å². The highest BCUT2D eigenvalue weighted by Crippen LogP contribution is 2.27. The lowest BCUT2D eigenvalue weighted by molar-refractivity contribution is 0.355. The van der Waals surface area contributed by atoms with Gasteiger partial charge in [-0.25, -0.2) is 17.8 Å². The van der Waals surface area contributed by atoms with Gasteiger partial charge in [-0.05, 0) is 24.6 Å². The van der Waals surface area contributed by atoms with Crippen LogP contribution in [-0.2, 0) is 10.0 Å². The van der Waals surface area contributed by atoms with Crippen LogP contribution in [0.25, 0.3) is 5.65 Å². The molecule has 0 N–H and O–H groups in total. The van der Waals surface area contributed by atoms with Gasteiger partial charge in [0.2, 0.25) is 0 Å².